The molecule has 2 rings (SSSR count). The van der Waals surface area contributed by atoms with Gasteiger partial charge in [-0.15, -0.1) is 0 Å². The first-order chi connectivity index (χ1) is 6.70. The largest absolute Gasteiger partial charge is 0.486 e. The molecule has 1 aromatic carbocycles. The molecular weight excluding hydrogens is 208 g/mol. The Labute approximate surface area is 85.0 Å². The zero-order chi connectivity index (χ0) is 10.1. The molecule has 0 spiro atoms. The molecule has 0 saturated carbocycles. The zero-order valence-electron chi connectivity index (χ0n) is 7.12. The molecule has 0 bridgehead atoms. The van der Waals surface area contributed by atoms with Gasteiger partial charge in [0, 0.05) is 0 Å². The fourth-order valence-electron chi connectivity index (χ4n) is 1.29. The van der Waals surface area contributed by atoms with Crippen LogP contribution in [0.25, 0.3) is 0 Å². The van der Waals surface area contributed by atoms with E-state index < -0.39 is 5.97 Å². The van der Waals surface area contributed by atoms with Gasteiger partial charge in [-0.25, -0.2) is 4.79 Å². The molecule has 0 fully saturated rings. The molecule has 0 radical (unpaired) electrons. The van der Waals surface area contributed by atoms with Gasteiger partial charge in [0.15, 0.2) is 11.5 Å². The summed E-state index contributed by atoms with van der Waals surface area (Å²) >= 11 is 5.74. The van der Waals surface area contributed by atoms with E-state index in [9.17, 15) is 4.79 Å². The standard InChI is InChI=1S/C9H7ClO4/c10-5-1-2-6-8(7(5)9(11)12)14-4-3-13-6/h1-2H,3-4H2,(H,11,12). The summed E-state index contributed by atoms with van der Waals surface area (Å²) in [6, 6.07) is 3.09. The summed E-state index contributed by atoms with van der Waals surface area (Å²) in [7, 11) is 0. The van der Waals surface area contributed by atoms with Crippen LogP contribution in [0.5, 0.6) is 11.5 Å². The Bertz CT molecular complexity index is 389. The first-order valence-electron chi connectivity index (χ1n) is 4.01. The van der Waals surface area contributed by atoms with E-state index in [-0.39, 0.29) is 16.3 Å². The molecule has 1 aromatic rings. The number of carboxylic acid groups (broad SMARTS) is 1. The number of aromatic carboxylic acids is 1. The van der Waals surface area contributed by atoms with Crippen molar-refractivity contribution in [1.29, 1.82) is 0 Å². The van der Waals surface area contributed by atoms with Crippen LogP contribution in [0.3, 0.4) is 0 Å². The fourth-order valence-corrected chi connectivity index (χ4v) is 1.52. The number of hydrogen-bond donors (Lipinski definition) is 1. The van der Waals surface area contributed by atoms with Crippen molar-refractivity contribution in [3.8, 4) is 11.5 Å². The van der Waals surface area contributed by atoms with Gasteiger partial charge in [-0.3, -0.25) is 0 Å². The molecule has 0 aliphatic carbocycles. The van der Waals surface area contributed by atoms with E-state index in [1.165, 1.54) is 6.07 Å². The van der Waals surface area contributed by atoms with Crippen molar-refractivity contribution in [2.45, 2.75) is 0 Å². The zero-order valence-corrected chi connectivity index (χ0v) is 7.87. The van der Waals surface area contributed by atoms with Crippen LogP contribution in [0.1, 0.15) is 10.4 Å². The van der Waals surface area contributed by atoms with E-state index in [0.29, 0.717) is 19.0 Å². The van der Waals surface area contributed by atoms with Crippen LogP contribution < -0.4 is 9.47 Å². The Hall–Kier alpha value is -1.42. The lowest BCUT2D eigenvalue weighted by molar-refractivity contribution is 0.0686. The third-order valence-electron chi connectivity index (χ3n) is 1.87. The molecule has 74 valence electrons. The second-order valence-electron chi connectivity index (χ2n) is 2.75. The Morgan fingerprint density at radius 2 is 2.07 bits per heavy atom. The normalized spacial score (nSPS) is 13.8. The minimum Gasteiger partial charge on any atom is -0.486 e. The predicted molar refractivity (Wildman–Crippen MR) is 49.4 cm³/mol. The lowest BCUT2D eigenvalue weighted by atomic mass is 10.2. The molecule has 1 aliphatic heterocycles. The highest BCUT2D eigenvalue weighted by molar-refractivity contribution is 6.34. The number of fused-ring (bicyclic) bond motifs is 1. The van der Waals surface area contributed by atoms with Crippen molar-refractivity contribution in [3.05, 3.63) is 22.7 Å². The van der Waals surface area contributed by atoms with Gasteiger partial charge >= 0.3 is 5.97 Å². The number of hydrogen-bond acceptors (Lipinski definition) is 3. The lowest BCUT2D eigenvalue weighted by Crippen LogP contribution is -2.18. The number of carbonyl (C=O) groups is 1. The Morgan fingerprint density at radius 1 is 1.36 bits per heavy atom. The Kier molecular flexibility index (Phi) is 2.21. The number of benzene rings is 1. The smallest absolute Gasteiger partial charge is 0.341 e. The fraction of sp³-hybridized carbons (Fsp3) is 0.222. The number of halogens is 1. The van der Waals surface area contributed by atoms with Gasteiger partial charge in [-0.1, -0.05) is 11.6 Å². The maximum Gasteiger partial charge on any atom is 0.341 e. The van der Waals surface area contributed by atoms with Gasteiger partial charge in [0.1, 0.15) is 18.8 Å². The third kappa shape index (κ3) is 1.37. The Morgan fingerprint density at radius 3 is 2.79 bits per heavy atom. The van der Waals surface area contributed by atoms with Crippen LogP contribution in [-0.4, -0.2) is 24.3 Å². The summed E-state index contributed by atoms with van der Waals surface area (Å²) in [4.78, 5) is 10.9. The van der Waals surface area contributed by atoms with E-state index in [1.807, 2.05) is 0 Å². The number of rotatable bonds is 1. The van der Waals surface area contributed by atoms with Crippen LogP contribution in [0.4, 0.5) is 0 Å². The summed E-state index contributed by atoms with van der Waals surface area (Å²) in [5.74, 6) is -0.466. The van der Waals surface area contributed by atoms with Crippen LogP contribution >= 0.6 is 11.6 Å². The number of carboxylic acids is 1. The molecule has 14 heavy (non-hydrogen) atoms. The molecular formula is C9H7ClO4. The molecule has 0 atom stereocenters. The van der Waals surface area contributed by atoms with Crippen molar-refractivity contribution >= 4 is 17.6 Å². The molecule has 5 heteroatoms. The van der Waals surface area contributed by atoms with Crippen LogP contribution in [0.2, 0.25) is 5.02 Å². The van der Waals surface area contributed by atoms with E-state index in [1.54, 1.807) is 6.07 Å². The van der Waals surface area contributed by atoms with E-state index in [0.717, 1.165) is 0 Å². The molecule has 1 aliphatic rings. The van der Waals surface area contributed by atoms with Crippen molar-refractivity contribution < 1.29 is 19.4 Å². The summed E-state index contributed by atoms with van der Waals surface area (Å²) in [6.07, 6.45) is 0. The third-order valence-corrected chi connectivity index (χ3v) is 2.19. The summed E-state index contributed by atoms with van der Waals surface area (Å²) < 4.78 is 10.4. The summed E-state index contributed by atoms with van der Waals surface area (Å²) in [6.45, 7) is 0.765. The minimum atomic E-state index is -1.11. The van der Waals surface area contributed by atoms with Crippen LogP contribution in [-0.2, 0) is 0 Å². The van der Waals surface area contributed by atoms with E-state index in [4.69, 9.17) is 26.2 Å². The predicted octanol–water partition coefficient (Wildman–Crippen LogP) is 1.81. The first kappa shape index (κ1) is 9.15. The summed E-state index contributed by atoms with van der Waals surface area (Å²) in [5, 5.41) is 9.06. The van der Waals surface area contributed by atoms with Crippen molar-refractivity contribution in [3.63, 3.8) is 0 Å². The van der Waals surface area contributed by atoms with E-state index in [2.05, 4.69) is 0 Å². The van der Waals surface area contributed by atoms with Gasteiger partial charge in [-0.2, -0.15) is 0 Å². The quantitative estimate of drug-likeness (QED) is 0.775. The second-order valence-corrected chi connectivity index (χ2v) is 3.16. The van der Waals surface area contributed by atoms with Gasteiger partial charge in [0.05, 0.1) is 5.02 Å². The number of ether oxygens (including phenoxy) is 2. The van der Waals surface area contributed by atoms with Crippen molar-refractivity contribution in [2.24, 2.45) is 0 Å². The minimum absolute atomic E-state index is 0.0381. The second kappa shape index (κ2) is 3.38. The van der Waals surface area contributed by atoms with Crippen molar-refractivity contribution in [1.82, 2.24) is 0 Å². The molecule has 0 saturated heterocycles. The monoisotopic (exact) mass is 214 g/mol. The molecule has 1 heterocycles. The average molecular weight is 215 g/mol. The van der Waals surface area contributed by atoms with Gasteiger partial charge < -0.3 is 14.6 Å². The van der Waals surface area contributed by atoms with E-state index >= 15 is 0 Å². The molecule has 4 nitrogen and oxygen atoms in total. The first-order valence-corrected chi connectivity index (χ1v) is 4.39. The average Bonchev–Trinajstić information content (AvgIpc) is 2.17. The van der Waals surface area contributed by atoms with Gasteiger partial charge in [0.2, 0.25) is 0 Å². The highest BCUT2D eigenvalue weighted by Crippen LogP contribution is 2.37. The SMILES string of the molecule is O=C(O)c1c(Cl)ccc2c1OCCO2. The highest BCUT2D eigenvalue weighted by Gasteiger charge is 2.23. The van der Waals surface area contributed by atoms with Gasteiger partial charge in [0.25, 0.3) is 0 Å². The maximum absolute atomic E-state index is 10.9. The summed E-state index contributed by atoms with van der Waals surface area (Å²) in [5.41, 5.74) is -0.0381. The topological polar surface area (TPSA) is 55.8 Å². The Balaban J connectivity index is 2.60. The maximum atomic E-state index is 10.9. The lowest BCUT2D eigenvalue weighted by Gasteiger charge is -2.20. The van der Waals surface area contributed by atoms with Crippen molar-refractivity contribution in [2.75, 3.05) is 13.2 Å². The molecule has 0 unspecified atom stereocenters. The van der Waals surface area contributed by atoms with Crippen LogP contribution in [0, 0.1) is 0 Å². The van der Waals surface area contributed by atoms with Gasteiger partial charge in [-0.05, 0) is 12.1 Å². The molecule has 0 amide bonds. The molecule has 0 aromatic heterocycles. The highest BCUT2D eigenvalue weighted by atomic mass is 35.5. The van der Waals surface area contributed by atoms with Crippen LogP contribution in [0.15, 0.2) is 12.1 Å². The molecule has 1 N–H and O–H groups in total.